The van der Waals surface area contributed by atoms with Crippen LogP contribution in [0.3, 0.4) is 0 Å². The van der Waals surface area contributed by atoms with E-state index < -0.39 is 11.6 Å². The maximum atomic E-state index is 13.5. The van der Waals surface area contributed by atoms with Gasteiger partial charge in [-0.25, -0.2) is 13.8 Å². The number of amides is 1. The highest BCUT2D eigenvalue weighted by Gasteiger charge is 2.08. The van der Waals surface area contributed by atoms with Gasteiger partial charge in [-0.15, -0.1) is 0 Å². The Labute approximate surface area is 183 Å². The first-order valence-corrected chi connectivity index (χ1v) is 10.1. The van der Waals surface area contributed by atoms with E-state index in [9.17, 15) is 13.6 Å². The molecule has 0 atom stereocenters. The minimum atomic E-state index is -0.769. The Morgan fingerprint density at radius 3 is 2.78 bits per heavy atom. The molecule has 0 aliphatic rings. The predicted octanol–water partition coefficient (Wildman–Crippen LogP) is 4.99. The molecular weight excluding hydrogens is 416 g/mol. The number of rotatable bonds is 9. The van der Waals surface area contributed by atoms with Crippen molar-refractivity contribution in [2.75, 3.05) is 11.9 Å². The lowest BCUT2D eigenvalue weighted by molar-refractivity contribution is -0.116. The zero-order valence-corrected chi connectivity index (χ0v) is 17.1. The molecule has 1 amide bonds. The molecule has 0 fully saturated rings. The molecule has 0 radical (unpaired) electrons. The minimum absolute atomic E-state index is 0.0396. The topological polar surface area (TPSA) is 64.9 Å². The summed E-state index contributed by atoms with van der Waals surface area (Å²) < 4.78 is 39.4. The van der Waals surface area contributed by atoms with Gasteiger partial charge in [-0.1, -0.05) is 12.1 Å². The third kappa shape index (κ3) is 5.60. The maximum absolute atomic E-state index is 13.5. The van der Waals surface area contributed by atoms with Gasteiger partial charge in [-0.3, -0.25) is 4.79 Å². The molecule has 0 bridgehead atoms. The van der Waals surface area contributed by atoms with E-state index in [2.05, 4.69) is 10.3 Å². The normalized spacial score (nSPS) is 10.8. The molecular formula is C24H21F2N3O3. The number of benzene rings is 2. The Hall–Kier alpha value is -3.94. The van der Waals surface area contributed by atoms with Gasteiger partial charge >= 0.3 is 0 Å². The van der Waals surface area contributed by atoms with Crippen LogP contribution in [0.25, 0.3) is 5.65 Å². The SMILES string of the molecule is O=C(CCCOc1ccc(F)cc1F)Nc1cccc(OCc2cn3ccccc3n2)c1. The van der Waals surface area contributed by atoms with Crippen LogP contribution < -0.4 is 14.8 Å². The van der Waals surface area contributed by atoms with Crippen molar-refractivity contribution in [3.05, 3.63) is 90.4 Å². The molecule has 4 aromatic rings. The van der Waals surface area contributed by atoms with Gasteiger partial charge in [0.05, 0.1) is 12.3 Å². The highest BCUT2D eigenvalue weighted by molar-refractivity contribution is 5.90. The van der Waals surface area contributed by atoms with Crippen LogP contribution in [0.4, 0.5) is 14.5 Å². The van der Waals surface area contributed by atoms with Crippen molar-refractivity contribution < 1.29 is 23.0 Å². The second-order valence-electron chi connectivity index (χ2n) is 7.09. The third-order valence-corrected chi connectivity index (χ3v) is 4.62. The van der Waals surface area contributed by atoms with Crippen LogP contribution in [0.2, 0.25) is 0 Å². The molecule has 0 aliphatic carbocycles. The maximum Gasteiger partial charge on any atom is 0.224 e. The Balaban J connectivity index is 1.23. The van der Waals surface area contributed by atoms with Gasteiger partial charge in [0.25, 0.3) is 0 Å². The Bertz CT molecular complexity index is 1190. The first-order valence-electron chi connectivity index (χ1n) is 10.1. The summed E-state index contributed by atoms with van der Waals surface area (Å²) in [4.78, 5) is 16.7. The number of carbonyl (C=O) groups is 1. The molecule has 2 heterocycles. The van der Waals surface area contributed by atoms with E-state index in [1.165, 1.54) is 6.07 Å². The fourth-order valence-corrected chi connectivity index (χ4v) is 3.11. The number of nitrogens with one attached hydrogen (secondary N) is 1. The van der Waals surface area contributed by atoms with Crippen LogP contribution in [-0.2, 0) is 11.4 Å². The third-order valence-electron chi connectivity index (χ3n) is 4.62. The molecule has 8 heteroatoms. The van der Waals surface area contributed by atoms with E-state index in [1.807, 2.05) is 35.0 Å². The van der Waals surface area contributed by atoms with E-state index in [1.54, 1.807) is 24.3 Å². The fraction of sp³-hybridized carbons (Fsp3) is 0.167. The van der Waals surface area contributed by atoms with Crippen molar-refractivity contribution in [2.45, 2.75) is 19.4 Å². The summed E-state index contributed by atoms with van der Waals surface area (Å²) in [5, 5.41) is 2.80. The van der Waals surface area contributed by atoms with Crippen molar-refractivity contribution in [1.29, 1.82) is 0 Å². The van der Waals surface area contributed by atoms with Crippen molar-refractivity contribution >= 4 is 17.2 Å². The summed E-state index contributed by atoms with van der Waals surface area (Å²) in [6.45, 7) is 0.439. The summed E-state index contributed by atoms with van der Waals surface area (Å²) in [6, 6.07) is 16.0. The van der Waals surface area contributed by atoms with Crippen LogP contribution in [0, 0.1) is 11.6 Å². The number of imidazole rings is 1. The Kier molecular flexibility index (Phi) is 6.60. The number of halogens is 2. The standard InChI is InChI=1S/C24H21F2N3O3/c25-17-9-10-22(21(26)13-17)31-12-4-8-24(30)28-18-5-3-6-20(14-18)32-16-19-15-29-11-2-1-7-23(29)27-19/h1-3,5-7,9-11,13-15H,4,8,12,16H2,(H,28,30). The van der Waals surface area contributed by atoms with Gasteiger partial charge in [-0.2, -0.15) is 0 Å². The first kappa shape index (κ1) is 21.3. The number of anilines is 1. The van der Waals surface area contributed by atoms with Crippen molar-refractivity contribution in [3.63, 3.8) is 0 Å². The zero-order valence-electron chi connectivity index (χ0n) is 17.1. The van der Waals surface area contributed by atoms with Crippen LogP contribution in [-0.4, -0.2) is 21.9 Å². The van der Waals surface area contributed by atoms with Crippen LogP contribution in [0.5, 0.6) is 11.5 Å². The molecule has 0 saturated heterocycles. The lowest BCUT2D eigenvalue weighted by Gasteiger charge is -2.09. The number of pyridine rings is 1. The van der Waals surface area contributed by atoms with Gasteiger partial charge in [0.1, 0.15) is 23.8 Å². The average Bonchev–Trinajstić information content (AvgIpc) is 3.20. The van der Waals surface area contributed by atoms with Gasteiger partial charge in [0.15, 0.2) is 11.6 Å². The molecule has 164 valence electrons. The molecule has 0 unspecified atom stereocenters. The molecule has 0 spiro atoms. The molecule has 0 saturated carbocycles. The van der Waals surface area contributed by atoms with Crippen molar-refractivity contribution in [2.24, 2.45) is 0 Å². The van der Waals surface area contributed by atoms with E-state index >= 15 is 0 Å². The highest BCUT2D eigenvalue weighted by atomic mass is 19.1. The summed E-state index contributed by atoms with van der Waals surface area (Å²) in [7, 11) is 0. The number of hydrogen-bond acceptors (Lipinski definition) is 4. The largest absolute Gasteiger partial charge is 0.491 e. The smallest absolute Gasteiger partial charge is 0.224 e. The van der Waals surface area contributed by atoms with E-state index in [-0.39, 0.29) is 24.7 Å². The second-order valence-corrected chi connectivity index (χ2v) is 7.09. The second kappa shape index (κ2) is 9.91. The molecule has 4 rings (SSSR count). The van der Waals surface area contributed by atoms with Gasteiger partial charge in [0.2, 0.25) is 5.91 Å². The number of nitrogens with zero attached hydrogens (tertiary/aromatic N) is 2. The molecule has 0 aliphatic heterocycles. The van der Waals surface area contributed by atoms with E-state index in [0.29, 0.717) is 24.5 Å². The van der Waals surface area contributed by atoms with E-state index in [0.717, 1.165) is 23.5 Å². The zero-order chi connectivity index (χ0) is 22.3. The van der Waals surface area contributed by atoms with Gasteiger partial charge in [-0.05, 0) is 42.8 Å². The number of carbonyl (C=O) groups excluding carboxylic acids is 1. The highest BCUT2D eigenvalue weighted by Crippen LogP contribution is 2.20. The van der Waals surface area contributed by atoms with E-state index in [4.69, 9.17) is 9.47 Å². The molecule has 1 N–H and O–H groups in total. The summed E-state index contributed by atoms with van der Waals surface area (Å²) in [5.41, 5.74) is 2.24. The van der Waals surface area contributed by atoms with Crippen LogP contribution in [0.15, 0.2) is 73.1 Å². The lowest BCUT2D eigenvalue weighted by Crippen LogP contribution is -2.13. The summed E-state index contributed by atoms with van der Waals surface area (Å²) in [5.74, 6) is -1.07. The monoisotopic (exact) mass is 437 g/mol. The molecule has 32 heavy (non-hydrogen) atoms. The quantitative estimate of drug-likeness (QED) is 0.375. The fourth-order valence-electron chi connectivity index (χ4n) is 3.11. The van der Waals surface area contributed by atoms with Crippen LogP contribution >= 0.6 is 0 Å². The summed E-state index contributed by atoms with van der Waals surface area (Å²) in [6.07, 6.45) is 4.39. The van der Waals surface area contributed by atoms with Gasteiger partial charge in [0, 0.05) is 36.6 Å². The number of fused-ring (bicyclic) bond motifs is 1. The molecule has 2 aromatic carbocycles. The number of hydrogen-bond donors (Lipinski definition) is 1. The average molecular weight is 437 g/mol. The predicted molar refractivity (Wildman–Crippen MR) is 116 cm³/mol. The summed E-state index contributed by atoms with van der Waals surface area (Å²) >= 11 is 0. The van der Waals surface area contributed by atoms with Gasteiger partial charge < -0.3 is 19.2 Å². The Morgan fingerprint density at radius 2 is 1.94 bits per heavy atom. The molecule has 6 nitrogen and oxygen atoms in total. The molecule has 2 aromatic heterocycles. The number of aromatic nitrogens is 2. The minimum Gasteiger partial charge on any atom is -0.491 e. The Morgan fingerprint density at radius 1 is 1.03 bits per heavy atom. The van der Waals surface area contributed by atoms with Crippen molar-refractivity contribution in [1.82, 2.24) is 9.38 Å². The van der Waals surface area contributed by atoms with Crippen molar-refractivity contribution in [3.8, 4) is 11.5 Å². The number of ether oxygens (including phenoxy) is 2. The van der Waals surface area contributed by atoms with Crippen LogP contribution in [0.1, 0.15) is 18.5 Å². The first-order chi connectivity index (χ1) is 15.6. The lowest BCUT2D eigenvalue weighted by atomic mass is 10.2.